The molecule has 0 aromatic rings. The molecule has 1 fully saturated rings. The number of hydrogen-bond acceptors (Lipinski definition) is 9. The fourth-order valence-electron chi connectivity index (χ4n) is 6.79. The Balaban J connectivity index is 2.27. The minimum atomic E-state index is -1.54. The molecule has 0 aromatic carbocycles. The molecule has 6 unspecified atom stereocenters. The standard InChI is InChI=1S/C48H86O9/c1-3-5-7-9-11-13-15-17-19-20-21-22-23-25-27-29-31-33-35-37-44(50)56-42(41-55-48-47(53)46(52)45(51)43(39-49)57-48)40-54-38-36-34-32-30-28-26-24-18-16-14-12-10-8-6-4-2/h11,13,16-19,21-22,42-43,45-49,51-53H,3-10,12,14-15,20,23-41H2,1-2H3/b13-11-,18-16-,19-17-,22-21-. The molecule has 1 aliphatic heterocycles. The van der Waals surface area contributed by atoms with E-state index in [1.54, 1.807) is 0 Å². The van der Waals surface area contributed by atoms with Gasteiger partial charge in [0.2, 0.25) is 0 Å². The van der Waals surface area contributed by atoms with E-state index >= 15 is 0 Å². The number of ether oxygens (including phenoxy) is 4. The molecule has 0 bridgehead atoms. The van der Waals surface area contributed by atoms with Crippen molar-refractivity contribution >= 4 is 5.97 Å². The van der Waals surface area contributed by atoms with Gasteiger partial charge < -0.3 is 39.4 Å². The van der Waals surface area contributed by atoms with E-state index in [0.717, 1.165) is 70.6 Å². The van der Waals surface area contributed by atoms with Gasteiger partial charge in [-0.2, -0.15) is 0 Å². The lowest BCUT2D eigenvalue weighted by atomic mass is 9.99. The van der Waals surface area contributed by atoms with Crippen LogP contribution in [-0.2, 0) is 23.7 Å². The summed E-state index contributed by atoms with van der Waals surface area (Å²) in [6.45, 7) is 4.49. The van der Waals surface area contributed by atoms with Crippen molar-refractivity contribution in [2.45, 2.75) is 224 Å². The highest BCUT2D eigenvalue weighted by molar-refractivity contribution is 5.69. The van der Waals surface area contributed by atoms with Crippen LogP contribution in [0.2, 0.25) is 0 Å². The van der Waals surface area contributed by atoms with Gasteiger partial charge in [0.15, 0.2) is 6.29 Å². The quantitative estimate of drug-likeness (QED) is 0.0272. The lowest BCUT2D eigenvalue weighted by molar-refractivity contribution is -0.305. The average molecular weight is 807 g/mol. The Morgan fingerprint density at radius 3 is 1.58 bits per heavy atom. The van der Waals surface area contributed by atoms with Crippen molar-refractivity contribution < 1.29 is 44.2 Å². The molecule has 9 nitrogen and oxygen atoms in total. The third-order valence-corrected chi connectivity index (χ3v) is 10.5. The third kappa shape index (κ3) is 30.8. The molecule has 332 valence electrons. The summed E-state index contributed by atoms with van der Waals surface area (Å²) in [5, 5.41) is 40.1. The van der Waals surface area contributed by atoms with Gasteiger partial charge in [-0.1, -0.05) is 152 Å². The van der Waals surface area contributed by atoms with Crippen LogP contribution in [0, 0.1) is 0 Å². The van der Waals surface area contributed by atoms with Crippen molar-refractivity contribution in [2.24, 2.45) is 0 Å². The Labute approximate surface area is 348 Å². The van der Waals surface area contributed by atoms with Gasteiger partial charge in [-0.15, -0.1) is 0 Å². The van der Waals surface area contributed by atoms with E-state index in [4.69, 9.17) is 18.9 Å². The van der Waals surface area contributed by atoms with Crippen LogP contribution in [0.15, 0.2) is 48.6 Å². The van der Waals surface area contributed by atoms with Crippen molar-refractivity contribution in [1.82, 2.24) is 0 Å². The first-order chi connectivity index (χ1) is 27.9. The number of aliphatic hydroxyl groups is 4. The van der Waals surface area contributed by atoms with Crippen LogP contribution < -0.4 is 0 Å². The van der Waals surface area contributed by atoms with E-state index in [1.165, 1.54) is 96.3 Å². The van der Waals surface area contributed by atoms with E-state index in [-0.39, 0.29) is 19.2 Å². The third-order valence-electron chi connectivity index (χ3n) is 10.5. The summed E-state index contributed by atoms with van der Waals surface area (Å²) in [5.41, 5.74) is 0. The molecule has 0 aromatic heterocycles. The van der Waals surface area contributed by atoms with Gasteiger partial charge in [0.05, 0.1) is 19.8 Å². The summed E-state index contributed by atoms with van der Waals surface area (Å²) in [7, 11) is 0. The number of allylic oxidation sites excluding steroid dienone is 8. The topological polar surface area (TPSA) is 135 Å². The minimum absolute atomic E-state index is 0.122. The number of esters is 1. The zero-order valence-corrected chi connectivity index (χ0v) is 36.3. The van der Waals surface area contributed by atoms with Gasteiger partial charge in [-0.3, -0.25) is 4.79 Å². The number of carbonyl (C=O) groups is 1. The second-order valence-electron chi connectivity index (χ2n) is 15.8. The molecule has 1 aliphatic rings. The second kappa shape index (κ2) is 39.6. The summed E-state index contributed by atoms with van der Waals surface area (Å²) in [5.74, 6) is -0.329. The van der Waals surface area contributed by atoms with Gasteiger partial charge >= 0.3 is 5.97 Å². The van der Waals surface area contributed by atoms with E-state index < -0.39 is 43.4 Å². The number of aliphatic hydroxyl groups excluding tert-OH is 4. The lowest BCUT2D eigenvalue weighted by Crippen LogP contribution is -2.59. The minimum Gasteiger partial charge on any atom is -0.457 e. The Morgan fingerprint density at radius 1 is 0.561 bits per heavy atom. The highest BCUT2D eigenvalue weighted by atomic mass is 16.7. The van der Waals surface area contributed by atoms with Gasteiger partial charge in [0, 0.05) is 13.0 Å². The first-order valence-corrected chi connectivity index (χ1v) is 23.2. The Kier molecular flexibility index (Phi) is 36.9. The normalized spacial score (nSPS) is 20.8. The highest BCUT2D eigenvalue weighted by Gasteiger charge is 2.44. The smallest absolute Gasteiger partial charge is 0.306 e. The number of hydrogen-bond donors (Lipinski definition) is 4. The zero-order valence-electron chi connectivity index (χ0n) is 36.3. The molecule has 4 N–H and O–H groups in total. The molecule has 0 spiro atoms. The summed E-state index contributed by atoms with van der Waals surface area (Å²) in [6, 6.07) is 0. The molecule has 9 heteroatoms. The van der Waals surface area contributed by atoms with Crippen LogP contribution in [0.4, 0.5) is 0 Å². The maximum Gasteiger partial charge on any atom is 0.306 e. The van der Waals surface area contributed by atoms with Crippen LogP contribution in [0.1, 0.15) is 187 Å². The predicted octanol–water partition coefficient (Wildman–Crippen LogP) is 10.5. The largest absolute Gasteiger partial charge is 0.457 e. The first-order valence-electron chi connectivity index (χ1n) is 23.2. The van der Waals surface area contributed by atoms with E-state index in [1.807, 2.05) is 0 Å². The second-order valence-corrected chi connectivity index (χ2v) is 15.8. The van der Waals surface area contributed by atoms with E-state index in [0.29, 0.717) is 13.0 Å². The van der Waals surface area contributed by atoms with Crippen LogP contribution in [-0.4, -0.2) is 89.6 Å². The predicted molar refractivity (Wildman–Crippen MR) is 233 cm³/mol. The summed E-state index contributed by atoms with van der Waals surface area (Å²) in [4.78, 5) is 12.8. The Bertz CT molecular complexity index is 1010. The average Bonchev–Trinajstić information content (AvgIpc) is 3.21. The van der Waals surface area contributed by atoms with Crippen LogP contribution in [0.3, 0.4) is 0 Å². The highest BCUT2D eigenvalue weighted by Crippen LogP contribution is 2.22. The molecule has 0 amide bonds. The van der Waals surface area contributed by atoms with Gasteiger partial charge in [-0.25, -0.2) is 0 Å². The molecule has 0 saturated carbocycles. The zero-order chi connectivity index (χ0) is 41.4. The number of carbonyl (C=O) groups excluding carboxylic acids is 1. The van der Waals surface area contributed by atoms with Crippen molar-refractivity contribution in [1.29, 1.82) is 0 Å². The molecular weight excluding hydrogens is 721 g/mol. The van der Waals surface area contributed by atoms with Crippen LogP contribution in [0.25, 0.3) is 0 Å². The Hall–Kier alpha value is -1.85. The van der Waals surface area contributed by atoms with E-state index in [2.05, 4.69) is 62.5 Å². The van der Waals surface area contributed by atoms with Crippen molar-refractivity contribution in [3.05, 3.63) is 48.6 Å². The molecule has 0 aliphatic carbocycles. The SMILES string of the molecule is CCCCC/C=C\C/C=C\C/C=C\CCCCCCCCC(=O)OC(COCCCCCCCC/C=C\CCCCCCC)COC1OC(CO)C(O)C(O)C1O. The van der Waals surface area contributed by atoms with E-state index in [9.17, 15) is 25.2 Å². The molecular formula is C48H86O9. The molecule has 0 radical (unpaired) electrons. The lowest BCUT2D eigenvalue weighted by Gasteiger charge is -2.39. The number of rotatable bonds is 39. The number of unbranched alkanes of at least 4 members (excludes halogenated alkanes) is 20. The maximum absolute atomic E-state index is 12.8. The molecule has 6 atom stereocenters. The molecule has 1 saturated heterocycles. The fourth-order valence-corrected chi connectivity index (χ4v) is 6.79. The fraction of sp³-hybridized carbons (Fsp3) is 0.812. The summed E-state index contributed by atoms with van der Waals surface area (Å²) in [6.07, 6.45) is 41.3. The summed E-state index contributed by atoms with van der Waals surface area (Å²) < 4.78 is 22.8. The van der Waals surface area contributed by atoms with Crippen LogP contribution in [0.5, 0.6) is 0 Å². The van der Waals surface area contributed by atoms with Gasteiger partial charge in [0.25, 0.3) is 0 Å². The molecule has 57 heavy (non-hydrogen) atoms. The maximum atomic E-state index is 12.8. The van der Waals surface area contributed by atoms with Crippen molar-refractivity contribution in [3.8, 4) is 0 Å². The molecule has 1 heterocycles. The van der Waals surface area contributed by atoms with Crippen molar-refractivity contribution in [2.75, 3.05) is 26.4 Å². The van der Waals surface area contributed by atoms with Crippen molar-refractivity contribution in [3.63, 3.8) is 0 Å². The molecule has 1 rings (SSSR count). The van der Waals surface area contributed by atoms with Gasteiger partial charge in [-0.05, 0) is 77.0 Å². The van der Waals surface area contributed by atoms with Crippen LogP contribution >= 0.6 is 0 Å². The first kappa shape index (κ1) is 53.2. The Morgan fingerprint density at radius 2 is 1.02 bits per heavy atom. The monoisotopic (exact) mass is 807 g/mol. The summed E-state index contributed by atoms with van der Waals surface area (Å²) >= 11 is 0. The van der Waals surface area contributed by atoms with Gasteiger partial charge in [0.1, 0.15) is 30.5 Å².